The number of carbonyl (C=O) groups is 1. The molecule has 1 atom stereocenters. The fourth-order valence-electron chi connectivity index (χ4n) is 1.15. The number of aldehydes is 1. The molecule has 0 aromatic heterocycles. The van der Waals surface area contributed by atoms with E-state index in [1.165, 1.54) is 6.92 Å². The van der Waals surface area contributed by atoms with Crippen molar-refractivity contribution in [3.63, 3.8) is 0 Å². The molecule has 3 heteroatoms. The first-order valence-corrected chi connectivity index (χ1v) is 4.85. The van der Waals surface area contributed by atoms with E-state index in [0.29, 0.717) is 24.2 Å². The van der Waals surface area contributed by atoms with E-state index in [-0.39, 0.29) is 0 Å². The van der Waals surface area contributed by atoms with E-state index in [1.807, 2.05) is 18.2 Å². The zero-order valence-electron chi connectivity index (χ0n) is 8.03. The lowest BCUT2D eigenvalue weighted by atomic mass is 9.98. The van der Waals surface area contributed by atoms with E-state index in [0.717, 1.165) is 5.56 Å². The Kier molecular flexibility index (Phi) is 3.67. The van der Waals surface area contributed by atoms with Crippen LogP contribution in [0.15, 0.2) is 24.3 Å². The van der Waals surface area contributed by atoms with Crippen molar-refractivity contribution >= 4 is 17.9 Å². The number of aliphatic hydroxyl groups is 1. The topological polar surface area (TPSA) is 37.3 Å². The molecule has 1 aromatic rings. The molecular weight excluding hydrogens is 200 g/mol. The maximum Gasteiger partial charge on any atom is 0.151 e. The van der Waals surface area contributed by atoms with Gasteiger partial charge in [0, 0.05) is 5.02 Å². The van der Waals surface area contributed by atoms with E-state index < -0.39 is 5.60 Å². The van der Waals surface area contributed by atoms with Gasteiger partial charge >= 0.3 is 0 Å². The minimum absolute atomic E-state index is 0.389. The first-order chi connectivity index (χ1) is 6.55. The lowest BCUT2D eigenvalue weighted by Crippen LogP contribution is -2.26. The molecule has 0 heterocycles. The quantitative estimate of drug-likeness (QED) is 0.778. The molecule has 14 heavy (non-hydrogen) atoms. The Morgan fingerprint density at radius 2 is 2.14 bits per heavy atom. The zero-order chi connectivity index (χ0) is 10.6. The molecule has 0 amide bonds. The molecule has 1 unspecified atom stereocenters. The van der Waals surface area contributed by atoms with Gasteiger partial charge in [-0.15, -0.1) is 0 Å². The third kappa shape index (κ3) is 3.13. The molecule has 0 aliphatic carbocycles. The zero-order valence-corrected chi connectivity index (χ0v) is 8.79. The standard InChI is InChI=1S/C11H13ClO2/c1-11(14,8-13)7-6-9-4-2-3-5-10(9)12/h2-5,8,14H,6-7H2,1H3. The first-order valence-electron chi connectivity index (χ1n) is 4.47. The summed E-state index contributed by atoms with van der Waals surface area (Å²) in [6.07, 6.45) is 1.55. The van der Waals surface area contributed by atoms with Crippen LogP contribution in [0.4, 0.5) is 0 Å². The van der Waals surface area contributed by atoms with Crippen molar-refractivity contribution in [3.8, 4) is 0 Å². The van der Waals surface area contributed by atoms with Crippen molar-refractivity contribution in [3.05, 3.63) is 34.9 Å². The van der Waals surface area contributed by atoms with Gasteiger partial charge in [0.15, 0.2) is 6.29 Å². The first kappa shape index (κ1) is 11.2. The summed E-state index contributed by atoms with van der Waals surface area (Å²) in [5, 5.41) is 10.1. The van der Waals surface area contributed by atoms with Crippen LogP contribution in [0.3, 0.4) is 0 Å². The van der Waals surface area contributed by atoms with Crippen LogP contribution in [0, 0.1) is 0 Å². The van der Waals surface area contributed by atoms with Crippen molar-refractivity contribution < 1.29 is 9.90 Å². The summed E-state index contributed by atoms with van der Waals surface area (Å²) < 4.78 is 0. The molecule has 1 rings (SSSR count). The van der Waals surface area contributed by atoms with Crippen LogP contribution in [0.2, 0.25) is 5.02 Å². The van der Waals surface area contributed by atoms with Crippen LogP contribution in [0.25, 0.3) is 0 Å². The molecule has 1 aromatic carbocycles. The second-order valence-corrected chi connectivity index (χ2v) is 3.97. The molecule has 1 N–H and O–H groups in total. The molecule has 76 valence electrons. The smallest absolute Gasteiger partial charge is 0.151 e. The minimum atomic E-state index is -1.25. The number of aryl methyl sites for hydroxylation is 1. The van der Waals surface area contributed by atoms with Gasteiger partial charge in [0.05, 0.1) is 0 Å². The van der Waals surface area contributed by atoms with Gasteiger partial charge in [-0.25, -0.2) is 0 Å². The van der Waals surface area contributed by atoms with Crippen LogP contribution in [-0.4, -0.2) is 17.0 Å². The van der Waals surface area contributed by atoms with Gasteiger partial charge in [0.1, 0.15) is 5.60 Å². The van der Waals surface area contributed by atoms with Gasteiger partial charge in [-0.2, -0.15) is 0 Å². The maximum absolute atomic E-state index is 10.4. The Hall–Kier alpha value is -0.860. The minimum Gasteiger partial charge on any atom is -0.383 e. The van der Waals surface area contributed by atoms with Crippen LogP contribution in [-0.2, 0) is 11.2 Å². The van der Waals surface area contributed by atoms with E-state index >= 15 is 0 Å². The average Bonchev–Trinajstić information content (AvgIpc) is 2.17. The summed E-state index contributed by atoms with van der Waals surface area (Å²) in [4.78, 5) is 10.4. The fourth-order valence-corrected chi connectivity index (χ4v) is 1.38. The van der Waals surface area contributed by atoms with E-state index in [4.69, 9.17) is 11.6 Å². The van der Waals surface area contributed by atoms with Crippen molar-refractivity contribution in [2.45, 2.75) is 25.4 Å². The molecule has 0 bridgehead atoms. The summed E-state index contributed by atoms with van der Waals surface area (Å²) >= 11 is 5.93. The Balaban J connectivity index is 2.62. The molecule has 2 nitrogen and oxygen atoms in total. The van der Waals surface area contributed by atoms with E-state index in [9.17, 15) is 9.90 Å². The van der Waals surface area contributed by atoms with Gasteiger partial charge < -0.3 is 9.90 Å². The van der Waals surface area contributed by atoms with Crippen LogP contribution >= 0.6 is 11.6 Å². The summed E-state index contributed by atoms with van der Waals surface area (Å²) in [5.74, 6) is 0. The van der Waals surface area contributed by atoms with Gasteiger partial charge in [-0.3, -0.25) is 0 Å². The number of halogens is 1. The lowest BCUT2D eigenvalue weighted by Gasteiger charge is -2.15. The Morgan fingerprint density at radius 1 is 1.50 bits per heavy atom. The molecule has 0 aliphatic heterocycles. The number of hydrogen-bond acceptors (Lipinski definition) is 2. The number of rotatable bonds is 4. The molecule has 0 saturated carbocycles. The third-order valence-corrected chi connectivity index (χ3v) is 2.48. The van der Waals surface area contributed by atoms with Crippen LogP contribution in [0.1, 0.15) is 18.9 Å². The highest BCUT2D eigenvalue weighted by molar-refractivity contribution is 6.31. The van der Waals surface area contributed by atoms with E-state index in [1.54, 1.807) is 6.07 Å². The highest BCUT2D eigenvalue weighted by atomic mass is 35.5. The highest BCUT2D eigenvalue weighted by Crippen LogP contribution is 2.19. The van der Waals surface area contributed by atoms with Crippen molar-refractivity contribution in [1.29, 1.82) is 0 Å². The van der Waals surface area contributed by atoms with Crippen LogP contribution in [0.5, 0.6) is 0 Å². The second-order valence-electron chi connectivity index (χ2n) is 3.57. The van der Waals surface area contributed by atoms with Gasteiger partial charge in [0.25, 0.3) is 0 Å². The fraction of sp³-hybridized carbons (Fsp3) is 0.364. The number of carbonyl (C=O) groups excluding carboxylic acids is 1. The van der Waals surface area contributed by atoms with Gasteiger partial charge in [0.2, 0.25) is 0 Å². The van der Waals surface area contributed by atoms with Crippen molar-refractivity contribution in [2.75, 3.05) is 0 Å². The van der Waals surface area contributed by atoms with Crippen molar-refractivity contribution in [2.24, 2.45) is 0 Å². The highest BCUT2D eigenvalue weighted by Gasteiger charge is 2.18. The van der Waals surface area contributed by atoms with Crippen molar-refractivity contribution in [1.82, 2.24) is 0 Å². The third-order valence-electron chi connectivity index (χ3n) is 2.11. The predicted octanol–water partition coefficient (Wildman–Crippen LogP) is 2.22. The molecule has 0 fully saturated rings. The van der Waals surface area contributed by atoms with Crippen LogP contribution < -0.4 is 0 Å². The number of benzene rings is 1. The normalized spacial score (nSPS) is 14.8. The molecular formula is C11H13ClO2. The summed E-state index contributed by atoms with van der Waals surface area (Å²) in [6, 6.07) is 7.43. The monoisotopic (exact) mass is 212 g/mol. The van der Waals surface area contributed by atoms with E-state index in [2.05, 4.69) is 0 Å². The SMILES string of the molecule is CC(O)(C=O)CCc1ccccc1Cl. The average molecular weight is 213 g/mol. The Bertz CT molecular complexity index is 321. The van der Waals surface area contributed by atoms with Gasteiger partial charge in [-0.1, -0.05) is 29.8 Å². The summed E-state index contributed by atoms with van der Waals surface area (Å²) in [7, 11) is 0. The lowest BCUT2D eigenvalue weighted by molar-refractivity contribution is -0.122. The second kappa shape index (κ2) is 4.58. The largest absolute Gasteiger partial charge is 0.383 e. The Morgan fingerprint density at radius 3 is 2.71 bits per heavy atom. The van der Waals surface area contributed by atoms with Gasteiger partial charge in [-0.05, 0) is 31.4 Å². The molecule has 0 radical (unpaired) electrons. The molecule has 0 spiro atoms. The Labute approximate surface area is 88.5 Å². The number of hydrogen-bond donors (Lipinski definition) is 1. The molecule has 0 saturated heterocycles. The predicted molar refractivity (Wildman–Crippen MR) is 56.5 cm³/mol. The maximum atomic E-state index is 10.4. The summed E-state index contributed by atoms with van der Waals surface area (Å²) in [5.41, 5.74) is -0.296. The summed E-state index contributed by atoms with van der Waals surface area (Å²) in [6.45, 7) is 1.50. The molecule has 0 aliphatic rings.